The molecular formula is C5H9N3O3. The summed E-state index contributed by atoms with van der Waals surface area (Å²) in [4.78, 5) is 20.2. The van der Waals surface area contributed by atoms with Crippen molar-refractivity contribution in [3.05, 3.63) is 0 Å². The van der Waals surface area contributed by atoms with Gasteiger partial charge in [0.25, 0.3) is 0 Å². The number of esters is 1. The molecule has 0 radical (unpaired) electrons. The van der Waals surface area contributed by atoms with E-state index in [0.29, 0.717) is 6.29 Å². The zero-order chi connectivity index (χ0) is 8.69. The minimum atomic E-state index is -0.618. The van der Waals surface area contributed by atoms with Crippen LogP contribution in [0.5, 0.6) is 0 Å². The van der Waals surface area contributed by atoms with E-state index >= 15 is 0 Å². The van der Waals surface area contributed by atoms with Crippen LogP contribution in [0, 0.1) is 5.41 Å². The van der Waals surface area contributed by atoms with Crippen LogP contribution >= 0.6 is 0 Å². The predicted molar refractivity (Wildman–Crippen MR) is 36.9 cm³/mol. The minimum absolute atomic E-state index is 0.191. The van der Waals surface area contributed by atoms with E-state index in [-0.39, 0.29) is 19.1 Å². The van der Waals surface area contributed by atoms with Crippen molar-refractivity contribution in [3.63, 3.8) is 0 Å². The summed E-state index contributed by atoms with van der Waals surface area (Å²) in [5, 5.41) is 8.88. The van der Waals surface area contributed by atoms with Crippen molar-refractivity contribution in [1.82, 2.24) is 5.32 Å². The van der Waals surface area contributed by atoms with Gasteiger partial charge in [0.05, 0.1) is 0 Å². The van der Waals surface area contributed by atoms with Crippen molar-refractivity contribution >= 4 is 18.2 Å². The summed E-state index contributed by atoms with van der Waals surface area (Å²) in [6.45, 7) is -0.457. The van der Waals surface area contributed by atoms with Gasteiger partial charge in [0.2, 0.25) is 0 Å². The second kappa shape index (κ2) is 5.21. The second-order valence-corrected chi connectivity index (χ2v) is 1.62. The van der Waals surface area contributed by atoms with Gasteiger partial charge in [-0.25, -0.2) is 0 Å². The molecule has 62 valence electrons. The van der Waals surface area contributed by atoms with Gasteiger partial charge in [-0.15, -0.1) is 0 Å². The average molecular weight is 159 g/mol. The molecule has 4 N–H and O–H groups in total. The number of rotatable bonds is 4. The van der Waals surface area contributed by atoms with Crippen LogP contribution in [-0.4, -0.2) is 31.4 Å². The average Bonchev–Trinajstić information content (AvgIpc) is 1.97. The molecule has 11 heavy (non-hydrogen) atoms. The Balaban J connectivity index is 3.37. The van der Waals surface area contributed by atoms with Gasteiger partial charge in [-0.3, -0.25) is 15.0 Å². The van der Waals surface area contributed by atoms with Gasteiger partial charge in [0, 0.05) is 0 Å². The molecule has 0 spiro atoms. The summed E-state index contributed by atoms with van der Waals surface area (Å²) < 4.78 is 4.32. The van der Waals surface area contributed by atoms with Gasteiger partial charge in [0.1, 0.15) is 13.2 Å². The van der Waals surface area contributed by atoms with Gasteiger partial charge in [-0.05, 0) is 0 Å². The lowest BCUT2D eigenvalue weighted by Gasteiger charge is -2.01. The minimum Gasteiger partial charge on any atom is -0.457 e. The van der Waals surface area contributed by atoms with Crippen LogP contribution < -0.4 is 11.1 Å². The van der Waals surface area contributed by atoms with Crippen molar-refractivity contribution in [2.24, 2.45) is 5.73 Å². The maximum Gasteiger partial charge on any atom is 0.325 e. The first-order chi connectivity index (χ1) is 5.16. The summed E-state index contributed by atoms with van der Waals surface area (Å²) in [5.74, 6) is -0.930. The SMILES string of the molecule is N=C(N)NCC(=O)OCC=O. The fraction of sp³-hybridized carbons (Fsp3) is 0.400. The largest absolute Gasteiger partial charge is 0.457 e. The molecule has 0 heterocycles. The Bertz CT molecular complexity index is 168. The smallest absolute Gasteiger partial charge is 0.325 e. The highest BCUT2D eigenvalue weighted by atomic mass is 16.5. The standard InChI is InChI=1S/C5H9N3O3/c6-5(7)8-3-4(10)11-2-1-9/h1H,2-3H2,(H4,6,7,8). The van der Waals surface area contributed by atoms with E-state index in [0.717, 1.165) is 0 Å². The van der Waals surface area contributed by atoms with E-state index in [1.165, 1.54) is 0 Å². The molecule has 6 nitrogen and oxygen atoms in total. The number of nitrogens with one attached hydrogen (secondary N) is 2. The monoisotopic (exact) mass is 159 g/mol. The van der Waals surface area contributed by atoms with Gasteiger partial charge >= 0.3 is 5.97 Å². The van der Waals surface area contributed by atoms with E-state index in [9.17, 15) is 9.59 Å². The number of guanidine groups is 1. The van der Waals surface area contributed by atoms with Crippen molar-refractivity contribution in [2.75, 3.05) is 13.2 Å². The molecule has 0 saturated carbocycles. The number of nitrogens with two attached hydrogens (primary N) is 1. The third-order valence-electron chi connectivity index (χ3n) is 0.736. The lowest BCUT2D eigenvalue weighted by Crippen LogP contribution is -2.35. The number of hydrogen-bond acceptors (Lipinski definition) is 4. The van der Waals surface area contributed by atoms with E-state index in [1.807, 2.05) is 0 Å². The summed E-state index contributed by atoms with van der Waals surface area (Å²) >= 11 is 0. The highest BCUT2D eigenvalue weighted by Crippen LogP contribution is 1.72. The zero-order valence-corrected chi connectivity index (χ0v) is 5.79. The molecule has 0 aromatic heterocycles. The number of carbonyl (C=O) groups is 2. The van der Waals surface area contributed by atoms with Crippen LogP contribution in [0.3, 0.4) is 0 Å². The van der Waals surface area contributed by atoms with E-state index in [2.05, 4.69) is 10.1 Å². The molecule has 0 fully saturated rings. The van der Waals surface area contributed by atoms with Crippen LogP contribution in [-0.2, 0) is 14.3 Å². The number of aldehydes is 1. The predicted octanol–water partition coefficient (Wildman–Crippen LogP) is -1.79. The molecule has 0 aromatic carbocycles. The molecule has 0 aliphatic rings. The topological polar surface area (TPSA) is 105 Å². The van der Waals surface area contributed by atoms with Gasteiger partial charge in [0.15, 0.2) is 12.2 Å². The van der Waals surface area contributed by atoms with E-state index in [4.69, 9.17) is 11.1 Å². The molecule has 0 amide bonds. The Morgan fingerprint density at radius 1 is 1.73 bits per heavy atom. The number of ether oxygens (including phenoxy) is 1. The third kappa shape index (κ3) is 6.29. The van der Waals surface area contributed by atoms with Crippen molar-refractivity contribution in [2.45, 2.75) is 0 Å². The van der Waals surface area contributed by atoms with Crippen LogP contribution in [0.2, 0.25) is 0 Å². The lowest BCUT2D eigenvalue weighted by molar-refractivity contribution is -0.144. The molecular weight excluding hydrogens is 150 g/mol. The van der Waals surface area contributed by atoms with Crippen LogP contribution in [0.1, 0.15) is 0 Å². The fourth-order valence-corrected chi connectivity index (χ4v) is 0.345. The Hall–Kier alpha value is -1.59. The normalized spacial score (nSPS) is 8.36. The molecule has 0 unspecified atom stereocenters. The van der Waals surface area contributed by atoms with E-state index < -0.39 is 5.97 Å². The molecule has 6 heteroatoms. The molecule has 0 rings (SSSR count). The first kappa shape index (κ1) is 9.41. The Morgan fingerprint density at radius 2 is 2.36 bits per heavy atom. The van der Waals surface area contributed by atoms with Crippen molar-refractivity contribution in [1.29, 1.82) is 5.41 Å². The van der Waals surface area contributed by atoms with Crippen LogP contribution in [0.4, 0.5) is 0 Å². The summed E-state index contributed by atoms with van der Waals surface area (Å²) in [6, 6.07) is 0. The van der Waals surface area contributed by atoms with Crippen LogP contribution in [0.25, 0.3) is 0 Å². The maximum atomic E-state index is 10.5. The Labute approximate surface area is 63.2 Å². The molecule has 0 atom stereocenters. The molecule has 0 aliphatic heterocycles. The molecule has 0 aliphatic carbocycles. The Kier molecular flexibility index (Phi) is 4.46. The summed E-state index contributed by atoms with van der Waals surface area (Å²) in [5.41, 5.74) is 4.86. The summed E-state index contributed by atoms with van der Waals surface area (Å²) in [6.07, 6.45) is 0.464. The highest BCUT2D eigenvalue weighted by Gasteiger charge is 2.00. The molecule has 0 aromatic rings. The Morgan fingerprint density at radius 3 is 2.82 bits per heavy atom. The maximum absolute atomic E-state index is 10.5. The molecule has 0 saturated heterocycles. The van der Waals surface area contributed by atoms with Gasteiger partial charge in [-0.2, -0.15) is 0 Å². The summed E-state index contributed by atoms with van der Waals surface area (Å²) in [7, 11) is 0. The third-order valence-corrected chi connectivity index (χ3v) is 0.736. The van der Waals surface area contributed by atoms with Crippen molar-refractivity contribution < 1.29 is 14.3 Å². The van der Waals surface area contributed by atoms with E-state index in [1.54, 1.807) is 0 Å². The first-order valence-electron chi connectivity index (χ1n) is 2.84. The fourth-order valence-electron chi connectivity index (χ4n) is 0.345. The first-order valence-corrected chi connectivity index (χ1v) is 2.84. The number of hydrogen-bond donors (Lipinski definition) is 3. The second-order valence-electron chi connectivity index (χ2n) is 1.62. The lowest BCUT2D eigenvalue weighted by atomic mass is 10.6. The quantitative estimate of drug-likeness (QED) is 0.194. The molecule has 0 bridgehead atoms. The van der Waals surface area contributed by atoms with Gasteiger partial charge in [-0.1, -0.05) is 0 Å². The highest BCUT2D eigenvalue weighted by molar-refractivity contribution is 5.81. The van der Waals surface area contributed by atoms with Crippen molar-refractivity contribution in [3.8, 4) is 0 Å². The van der Waals surface area contributed by atoms with Crippen LogP contribution in [0.15, 0.2) is 0 Å². The zero-order valence-electron chi connectivity index (χ0n) is 5.79. The van der Waals surface area contributed by atoms with Gasteiger partial charge < -0.3 is 15.8 Å². The number of carbonyl (C=O) groups excluding carboxylic acids is 2.